The average Bonchev–Trinajstić information content (AvgIpc) is 2.93. The Balaban J connectivity index is 2.23. The van der Waals surface area contributed by atoms with Crippen LogP contribution in [0.15, 0.2) is 54.6 Å². The van der Waals surface area contributed by atoms with E-state index in [0.29, 0.717) is 11.3 Å². The van der Waals surface area contributed by atoms with Crippen LogP contribution in [0.25, 0.3) is 16.9 Å². The third-order valence-corrected chi connectivity index (χ3v) is 3.56. The molecule has 0 atom stereocenters. The molecule has 3 rings (SSSR count). The third kappa shape index (κ3) is 3.03. The van der Waals surface area contributed by atoms with Gasteiger partial charge in [-0.1, -0.05) is 23.7 Å². The summed E-state index contributed by atoms with van der Waals surface area (Å²) >= 11 is 6.08. The molecular weight excluding hydrogens is 329 g/mol. The summed E-state index contributed by atoms with van der Waals surface area (Å²) in [5, 5.41) is 13.3. The zero-order valence-electron chi connectivity index (χ0n) is 11.5. The summed E-state index contributed by atoms with van der Waals surface area (Å²) in [6.45, 7) is 0. The van der Waals surface area contributed by atoms with Crippen LogP contribution in [0.5, 0.6) is 5.75 Å². The second-order valence-corrected chi connectivity index (χ2v) is 5.23. The number of hydrogen-bond acceptors (Lipinski definition) is 2. The minimum absolute atomic E-state index is 0.0219. The van der Waals surface area contributed by atoms with Gasteiger partial charge in [0.2, 0.25) is 0 Å². The van der Waals surface area contributed by atoms with E-state index in [1.165, 1.54) is 24.3 Å². The van der Waals surface area contributed by atoms with Gasteiger partial charge in [-0.2, -0.15) is 18.3 Å². The molecule has 0 aliphatic rings. The monoisotopic (exact) mass is 338 g/mol. The van der Waals surface area contributed by atoms with E-state index in [0.717, 1.165) is 10.7 Å². The van der Waals surface area contributed by atoms with Crippen LogP contribution in [0.2, 0.25) is 5.02 Å². The van der Waals surface area contributed by atoms with Crippen LogP contribution in [0.3, 0.4) is 0 Å². The normalized spacial score (nSPS) is 11.7. The maximum absolute atomic E-state index is 13.0. The predicted molar refractivity (Wildman–Crippen MR) is 80.7 cm³/mol. The topological polar surface area (TPSA) is 38.1 Å². The van der Waals surface area contributed by atoms with E-state index < -0.39 is 11.9 Å². The molecule has 0 radical (unpaired) electrons. The van der Waals surface area contributed by atoms with Gasteiger partial charge in [0.05, 0.1) is 16.4 Å². The van der Waals surface area contributed by atoms with Crippen LogP contribution in [0.4, 0.5) is 13.2 Å². The van der Waals surface area contributed by atoms with Gasteiger partial charge in [-0.25, -0.2) is 4.68 Å². The van der Waals surface area contributed by atoms with Crippen molar-refractivity contribution in [1.82, 2.24) is 9.78 Å². The highest BCUT2D eigenvalue weighted by Crippen LogP contribution is 2.34. The van der Waals surface area contributed by atoms with Gasteiger partial charge in [0.1, 0.15) is 5.75 Å². The summed E-state index contributed by atoms with van der Waals surface area (Å²) in [4.78, 5) is 0. The smallest absolute Gasteiger partial charge is 0.435 e. The maximum Gasteiger partial charge on any atom is 0.435 e. The molecule has 0 fully saturated rings. The first-order valence-electron chi connectivity index (χ1n) is 6.58. The SMILES string of the molecule is Oc1ccc(-c2cc(C(F)(F)F)nn2-c2ccccc2Cl)cc1. The van der Waals surface area contributed by atoms with Crippen LogP contribution in [0, 0.1) is 0 Å². The first-order valence-corrected chi connectivity index (χ1v) is 6.95. The third-order valence-electron chi connectivity index (χ3n) is 3.24. The molecular formula is C16H10ClF3N2O. The number of phenols is 1. The highest BCUT2D eigenvalue weighted by atomic mass is 35.5. The Labute approximate surface area is 134 Å². The molecule has 0 aliphatic heterocycles. The van der Waals surface area contributed by atoms with Crippen LogP contribution < -0.4 is 0 Å². The van der Waals surface area contributed by atoms with E-state index in [1.54, 1.807) is 24.3 Å². The van der Waals surface area contributed by atoms with Crippen molar-refractivity contribution in [1.29, 1.82) is 0 Å². The van der Waals surface area contributed by atoms with Crippen molar-refractivity contribution in [2.24, 2.45) is 0 Å². The molecule has 23 heavy (non-hydrogen) atoms. The largest absolute Gasteiger partial charge is 0.508 e. The van der Waals surface area contributed by atoms with Crippen molar-refractivity contribution in [3.8, 4) is 22.7 Å². The predicted octanol–water partition coefficient (Wildman–Crippen LogP) is 4.92. The zero-order chi connectivity index (χ0) is 16.6. The summed E-state index contributed by atoms with van der Waals surface area (Å²) in [7, 11) is 0. The van der Waals surface area contributed by atoms with Crippen LogP contribution in [-0.2, 0) is 6.18 Å². The summed E-state index contributed by atoms with van der Waals surface area (Å²) in [6.07, 6.45) is -4.57. The number of halogens is 4. The van der Waals surface area contributed by atoms with Crippen molar-refractivity contribution >= 4 is 11.6 Å². The van der Waals surface area contributed by atoms with Gasteiger partial charge in [-0.05, 0) is 42.5 Å². The Hall–Kier alpha value is -2.47. The van der Waals surface area contributed by atoms with Gasteiger partial charge in [-0.3, -0.25) is 0 Å². The number of hydrogen-bond donors (Lipinski definition) is 1. The van der Waals surface area contributed by atoms with Gasteiger partial charge in [0.15, 0.2) is 5.69 Å². The number of aromatic nitrogens is 2. The molecule has 0 spiro atoms. The van der Waals surface area contributed by atoms with Gasteiger partial charge >= 0.3 is 6.18 Å². The second-order valence-electron chi connectivity index (χ2n) is 4.82. The first kappa shape index (κ1) is 15.4. The molecule has 0 saturated carbocycles. The fourth-order valence-corrected chi connectivity index (χ4v) is 2.38. The molecule has 0 saturated heterocycles. The van der Waals surface area contributed by atoms with E-state index in [-0.39, 0.29) is 16.5 Å². The Kier molecular flexibility index (Phi) is 3.77. The fraction of sp³-hybridized carbons (Fsp3) is 0.0625. The minimum Gasteiger partial charge on any atom is -0.508 e. The van der Waals surface area contributed by atoms with Gasteiger partial charge in [-0.15, -0.1) is 0 Å². The first-order chi connectivity index (χ1) is 10.9. The van der Waals surface area contributed by atoms with Crippen molar-refractivity contribution in [3.05, 3.63) is 65.3 Å². The maximum atomic E-state index is 13.0. The molecule has 1 aromatic heterocycles. The Morgan fingerprint density at radius 3 is 2.26 bits per heavy atom. The molecule has 7 heteroatoms. The van der Waals surface area contributed by atoms with Crippen LogP contribution in [-0.4, -0.2) is 14.9 Å². The second kappa shape index (κ2) is 5.62. The molecule has 0 amide bonds. The van der Waals surface area contributed by atoms with Crippen molar-refractivity contribution in [3.63, 3.8) is 0 Å². The molecule has 0 aliphatic carbocycles. The van der Waals surface area contributed by atoms with E-state index >= 15 is 0 Å². The number of alkyl halides is 3. The van der Waals surface area contributed by atoms with E-state index in [9.17, 15) is 18.3 Å². The number of aromatic hydroxyl groups is 1. The van der Waals surface area contributed by atoms with Gasteiger partial charge in [0, 0.05) is 5.56 Å². The molecule has 1 heterocycles. The molecule has 1 N–H and O–H groups in total. The zero-order valence-corrected chi connectivity index (χ0v) is 12.3. The lowest BCUT2D eigenvalue weighted by Gasteiger charge is -2.09. The lowest BCUT2D eigenvalue weighted by atomic mass is 10.1. The Bertz CT molecular complexity index is 841. The Morgan fingerprint density at radius 2 is 1.65 bits per heavy atom. The molecule has 3 nitrogen and oxygen atoms in total. The Morgan fingerprint density at radius 1 is 1.00 bits per heavy atom. The molecule has 2 aromatic carbocycles. The number of para-hydroxylation sites is 1. The summed E-state index contributed by atoms with van der Waals surface area (Å²) in [6, 6.07) is 13.3. The fourth-order valence-electron chi connectivity index (χ4n) is 2.16. The van der Waals surface area contributed by atoms with E-state index in [4.69, 9.17) is 11.6 Å². The van der Waals surface area contributed by atoms with Crippen molar-refractivity contribution in [2.75, 3.05) is 0 Å². The lowest BCUT2D eigenvalue weighted by Crippen LogP contribution is -2.07. The molecule has 118 valence electrons. The molecule has 0 bridgehead atoms. The van der Waals surface area contributed by atoms with E-state index in [2.05, 4.69) is 5.10 Å². The standard InChI is InChI=1S/C16H10ClF3N2O/c17-12-3-1-2-4-13(12)22-14(9-15(21-22)16(18,19)20)10-5-7-11(23)8-6-10/h1-9,23H. The number of phenolic OH excluding ortho intramolecular Hbond substituents is 1. The highest BCUT2D eigenvalue weighted by Gasteiger charge is 2.35. The molecule has 3 aromatic rings. The summed E-state index contributed by atoms with van der Waals surface area (Å²) in [5.41, 5.74) is 0.0318. The summed E-state index contributed by atoms with van der Waals surface area (Å²) < 4.78 is 40.2. The lowest BCUT2D eigenvalue weighted by molar-refractivity contribution is -0.141. The quantitative estimate of drug-likeness (QED) is 0.720. The number of rotatable bonds is 2. The van der Waals surface area contributed by atoms with Crippen LogP contribution in [0.1, 0.15) is 5.69 Å². The van der Waals surface area contributed by atoms with Crippen molar-refractivity contribution in [2.45, 2.75) is 6.18 Å². The van der Waals surface area contributed by atoms with Crippen LogP contribution >= 0.6 is 11.6 Å². The molecule has 0 unspecified atom stereocenters. The number of nitrogens with zero attached hydrogens (tertiary/aromatic N) is 2. The van der Waals surface area contributed by atoms with Crippen molar-refractivity contribution < 1.29 is 18.3 Å². The summed E-state index contributed by atoms with van der Waals surface area (Å²) in [5.74, 6) is 0.0219. The average molecular weight is 339 g/mol. The highest BCUT2D eigenvalue weighted by molar-refractivity contribution is 6.32. The number of benzene rings is 2. The minimum atomic E-state index is -4.57. The van der Waals surface area contributed by atoms with E-state index in [1.807, 2.05) is 0 Å². The van der Waals surface area contributed by atoms with Gasteiger partial charge < -0.3 is 5.11 Å². The van der Waals surface area contributed by atoms with Gasteiger partial charge in [0.25, 0.3) is 0 Å².